The number of amides is 1. The van der Waals surface area contributed by atoms with E-state index in [4.69, 9.17) is 0 Å². The second-order valence-corrected chi connectivity index (χ2v) is 5.27. The van der Waals surface area contributed by atoms with E-state index in [9.17, 15) is 9.18 Å². The largest absolute Gasteiger partial charge is 0.320 e. The molecule has 1 aliphatic carbocycles. The molecule has 4 nitrogen and oxygen atoms in total. The molecule has 0 saturated heterocycles. The van der Waals surface area contributed by atoms with Gasteiger partial charge in [-0.3, -0.25) is 4.79 Å². The Kier molecular flexibility index (Phi) is 3.64. The quantitative estimate of drug-likeness (QED) is 0.922. The number of hydrogen-bond acceptors (Lipinski definition) is 3. The van der Waals surface area contributed by atoms with Crippen LogP contribution in [0.1, 0.15) is 40.2 Å². The van der Waals surface area contributed by atoms with Crippen molar-refractivity contribution in [2.45, 2.75) is 32.6 Å². The highest BCUT2D eigenvalue weighted by atomic mass is 19.1. The lowest BCUT2D eigenvalue weighted by atomic mass is 9.94. The summed E-state index contributed by atoms with van der Waals surface area (Å²) in [5, 5.41) is 2.75. The second kappa shape index (κ2) is 5.60. The molecule has 0 fully saturated rings. The van der Waals surface area contributed by atoms with E-state index < -0.39 is 0 Å². The van der Waals surface area contributed by atoms with Gasteiger partial charge in [-0.15, -0.1) is 0 Å². The van der Waals surface area contributed by atoms with E-state index in [1.165, 1.54) is 18.5 Å². The molecule has 1 N–H and O–H groups in total. The molecule has 1 amide bonds. The molecular weight excluding hydrogens is 269 g/mol. The summed E-state index contributed by atoms with van der Waals surface area (Å²) in [7, 11) is 0. The molecule has 1 heterocycles. The highest BCUT2D eigenvalue weighted by Gasteiger charge is 2.20. The number of benzene rings is 1. The zero-order chi connectivity index (χ0) is 14.8. The van der Waals surface area contributed by atoms with Gasteiger partial charge in [-0.05, 0) is 50.3 Å². The zero-order valence-corrected chi connectivity index (χ0v) is 11.8. The topological polar surface area (TPSA) is 54.9 Å². The predicted molar refractivity (Wildman–Crippen MR) is 77.8 cm³/mol. The number of aryl methyl sites for hydroxylation is 2. The summed E-state index contributed by atoms with van der Waals surface area (Å²) >= 11 is 0. The summed E-state index contributed by atoms with van der Waals surface area (Å²) in [5.74, 6) is -0.676. The first kappa shape index (κ1) is 13.7. The van der Waals surface area contributed by atoms with Crippen molar-refractivity contribution in [1.29, 1.82) is 0 Å². The summed E-state index contributed by atoms with van der Waals surface area (Å²) in [6.45, 7) is 1.82. The standard InChI is InChI=1S/C16H16FN3O/c1-10-6-7-11(17)8-14(10)20-16(21)15-12-4-2-3-5-13(12)18-9-19-15/h6-9H,2-5H2,1H3,(H,20,21). The van der Waals surface area contributed by atoms with Crippen molar-refractivity contribution in [3.63, 3.8) is 0 Å². The van der Waals surface area contributed by atoms with E-state index in [1.807, 2.05) is 6.92 Å². The third-order valence-corrected chi connectivity index (χ3v) is 3.79. The number of nitrogens with one attached hydrogen (secondary N) is 1. The molecule has 5 heteroatoms. The summed E-state index contributed by atoms with van der Waals surface area (Å²) in [5.41, 5.74) is 3.58. The number of rotatable bonds is 2. The van der Waals surface area contributed by atoms with E-state index in [-0.39, 0.29) is 11.7 Å². The minimum absolute atomic E-state index is 0.302. The first-order valence-electron chi connectivity index (χ1n) is 7.05. The highest BCUT2D eigenvalue weighted by molar-refractivity contribution is 6.04. The van der Waals surface area contributed by atoms with E-state index in [1.54, 1.807) is 6.07 Å². The molecule has 0 saturated carbocycles. The number of carbonyl (C=O) groups is 1. The van der Waals surface area contributed by atoms with Gasteiger partial charge in [0.1, 0.15) is 17.8 Å². The van der Waals surface area contributed by atoms with Gasteiger partial charge >= 0.3 is 0 Å². The minimum Gasteiger partial charge on any atom is -0.320 e. The number of halogens is 1. The first-order chi connectivity index (χ1) is 10.1. The average molecular weight is 285 g/mol. The van der Waals surface area contributed by atoms with Gasteiger partial charge in [0.05, 0.1) is 0 Å². The molecular formula is C16H16FN3O. The van der Waals surface area contributed by atoms with Crippen LogP contribution in [0, 0.1) is 12.7 Å². The lowest BCUT2D eigenvalue weighted by molar-refractivity contribution is 0.102. The molecule has 108 valence electrons. The molecule has 21 heavy (non-hydrogen) atoms. The summed E-state index contributed by atoms with van der Waals surface area (Å²) in [6.07, 6.45) is 5.27. The van der Waals surface area contributed by atoms with Gasteiger partial charge in [-0.2, -0.15) is 0 Å². The number of anilines is 1. The Morgan fingerprint density at radius 1 is 1.24 bits per heavy atom. The van der Waals surface area contributed by atoms with Gasteiger partial charge in [-0.1, -0.05) is 6.07 Å². The van der Waals surface area contributed by atoms with Crippen molar-refractivity contribution in [3.05, 3.63) is 52.9 Å². The predicted octanol–water partition coefficient (Wildman–Crippen LogP) is 3.06. The molecule has 0 aliphatic heterocycles. The number of nitrogens with zero attached hydrogens (tertiary/aromatic N) is 2. The van der Waals surface area contributed by atoms with Crippen molar-refractivity contribution < 1.29 is 9.18 Å². The Morgan fingerprint density at radius 2 is 2.05 bits per heavy atom. The van der Waals surface area contributed by atoms with Gasteiger partial charge in [0.15, 0.2) is 0 Å². The normalized spacial score (nSPS) is 13.6. The first-order valence-corrected chi connectivity index (χ1v) is 7.05. The van der Waals surface area contributed by atoms with Crippen molar-refractivity contribution in [1.82, 2.24) is 9.97 Å². The minimum atomic E-state index is -0.374. The third kappa shape index (κ3) is 2.77. The Labute approximate surface area is 122 Å². The van der Waals surface area contributed by atoms with Crippen LogP contribution in [-0.4, -0.2) is 15.9 Å². The van der Waals surface area contributed by atoms with Crippen LogP contribution in [0.4, 0.5) is 10.1 Å². The average Bonchev–Trinajstić information content (AvgIpc) is 2.50. The monoisotopic (exact) mass is 285 g/mol. The van der Waals surface area contributed by atoms with Crippen LogP contribution in [0.15, 0.2) is 24.5 Å². The summed E-state index contributed by atoms with van der Waals surface area (Å²) in [4.78, 5) is 20.8. The van der Waals surface area contributed by atoms with Crippen LogP contribution >= 0.6 is 0 Å². The Balaban J connectivity index is 1.91. The van der Waals surface area contributed by atoms with Crippen LogP contribution in [0.2, 0.25) is 0 Å². The molecule has 2 aromatic rings. The molecule has 3 rings (SSSR count). The lowest BCUT2D eigenvalue weighted by Gasteiger charge is -2.17. The molecule has 1 aromatic heterocycles. The summed E-state index contributed by atoms with van der Waals surface area (Å²) in [6, 6.07) is 4.33. The van der Waals surface area contributed by atoms with Crippen molar-refractivity contribution >= 4 is 11.6 Å². The third-order valence-electron chi connectivity index (χ3n) is 3.79. The number of carbonyl (C=O) groups excluding carboxylic acids is 1. The van der Waals surface area contributed by atoms with Crippen LogP contribution in [0.25, 0.3) is 0 Å². The van der Waals surface area contributed by atoms with Crippen molar-refractivity contribution in [2.75, 3.05) is 5.32 Å². The van der Waals surface area contributed by atoms with Crippen molar-refractivity contribution in [2.24, 2.45) is 0 Å². The molecule has 1 aromatic carbocycles. The molecule has 0 bridgehead atoms. The highest BCUT2D eigenvalue weighted by Crippen LogP contribution is 2.23. The smallest absolute Gasteiger partial charge is 0.274 e. The van der Waals surface area contributed by atoms with Gasteiger partial charge < -0.3 is 5.32 Å². The van der Waals surface area contributed by atoms with E-state index in [0.717, 1.165) is 42.5 Å². The fourth-order valence-electron chi connectivity index (χ4n) is 2.63. The lowest BCUT2D eigenvalue weighted by Crippen LogP contribution is -2.20. The molecule has 0 spiro atoms. The van der Waals surface area contributed by atoms with Gasteiger partial charge in [0.25, 0.3) is 5.91 Å². The second-order valence-electron chi connectivity index (χ2n) is 5.27. The zero-order valence-electron chi connectivity index (χ0n) is 11.8. The SMILES string of the molecule is Cc1ccc(F)cc1NC(=O)c1ncnc2c1CCCC2. The molecule has 1 aliphatic rings. The Morgan fingerprint density at radius 3 is 2.90 bits per heavy atom. The van der Waals surface area contributed by atoms with E-state index >= 15 is 0 Å². The fourth-order valence-corrected chi connectivity index (χ4v) is 2.63. The molecule has 0 unspecified atom stereocenters. The number of aromatic nitrogens is 2. The fraction of sp³-hybridized carbons (Fsp3) is 0.312. The van der Waals surface area contributed by atoms with Crippen LogP contribution in [-0.2, 0) is 12.8 Å². The van der Waals surface area contributed by atoms with Crippen LogP contribution < -0.4 is 5.32 Å². The van der Waals surface area contributed by atoms with E-state index in [2.05, 4.69) is 15.3 Å². The van der Waals surface area contributed by atoms with Gasteiger partial charge in [-0.25, -0.2) is 14.4 Å². The van der Waals surface area contributed by atoms with Crippen LogP contribution in [0.5, 0.6) is 0 Å². The maximum atomic E-state index is 13.3. The van der Waals surface area contributed by atoms with E-state index in [0.29, 0.717) is 11.4 Å². The van der Waals surface area contributed by atoms with Crippen LogP contribution in [0.3, 0.4) is 0 Å². The van der Waals surface area contributed by atoms with Gasteiger partial charge in [0.2, 0.25) is 0 Å². The van der Waals surface area contributed by atoms with Gasteiger partial charge in [0, 0.05) is 16.9 Å². The maximum absolute atomic E-state index is 13.3. The number of fused-ring (bicyclic) bond motifs is 1. The maximum Gasteiger partial charge on any atom is 0.274 e. The Bertz CT molecular complexity index is 700. The van der Waals surface area contributed by atoms with Crippen molar-refractivity contribution in [3.8, 4) is 0 Å². The summed E-state index contributed by atoms with van der Waals surface area (Å²) < 4.78 is 13.3. The number of hydrogen-bond donors (Lipinski definition) is 1. The molecule has 0 radical (unpaired) electrons. The Hall–Kier alpha value is -2.30. The molecule has 0 atom stereocenters.